The summed E-state index contributed by atoms with van der Waals surface area (Å²) in [7, 11) is 0. The summed E-state index contributed by atoms with van der Waals surface area (Å²) >= 11 is 0. The lowest BCUT2D eigenvalue weighted by atomic mass is 9.95. The quantitative estimate of drug-likeness (QED) is 0.0190. The Morgan fingerprint density at radius 1 is 0.770 bits per heavy atom. The van der Waals surface area contributed by atoms with Crippen molar-refractivity contribution in [3.8, 4) is 16.9 Å². The average Bonchev–Trinajstić information content (AvgIpc) is 3.24. The Morgan fingerprint density at radius 2 is 1.41 bits per heavy atom. The zero-order valence-corrected chi connectivity index (χ0v) is 34.1. The van der Waals surface area contributed by atoms with E-state index in [1.807, 2.05) is 67.6 Å². The van der Waals surface area contributed by atoms with Gasteiger partial charge in [-0.2, -0.15) is 0 Å². The summed E-state index contributed by atoms with van der Waals surface area (Å²) in [5.41, 5.74) is 11.5. The molecule has 18 heteroatoms. The molecule has 0 aliphatic rings. The molecule has 5 N–H and O–H groups in total. The third-order valence-electron chi connectivity index (χ3n) is 9.04. The molecule has 61 heavy (non-hydrogen) atoms. The van der Waals surface area contributed by atoms with Gasteiger partial charge >= 0.3 is 11.9 Å². The highest BCUT2D eigenvalue weighted by Crippen LogP contribution is 2.35. The van der Waals surface area contributed by atoms with Crippen molar-refractivity contribution in [2.24, 2.45) is 5.11 Å². The van der Waals surface area contributed by atoms with Crippen LogP contribution in [0.25, 0.3) is 32.3 Å². The van der Waals surface area contributed by atoms with Crippen LogP contribution in [0.4, 0.5) is 5.82 Å². The molecule has 0 aliphatic carbocycles. The van der Waals surface area contributed by atoms with E-state index >= 15 is 0 Å². The molecule has 0 saturated heterocycles. The number of fused-ring (bicyclic) bond motifs is 1. The third kappa shape index (κ3) is 17.4. The number of nitrogens with zero attached hydrogens (tertiary/aromatic N) is 4. The number of hydrogen-bond acceptors (Lipinski definition) is 12. The van der Waals surface area contributed by atoms with Crippen LogP contribution in [0.2, 0.25) is 0 Å². The third-order valence-corrected chi connectivity index (χ3v) is 9.04. The van der Waals surface area contributed by atoms with Gasteiger partial charge in [0.1, 0.15) is 24.2 Å². The lowest BCUT2D eigenvalue weighted by molar-refractivity contribution is -0.142. The second-order valence-electron chi connectivity index (χ2n) is 13.7. The normalized spacial score (nSPS) is 11.9. The van der Waals surface area contributed by atoms with Crippen LogP contribution < -0.4 is 20.7 Å². The number of carboxylic acids is 2. The van der Waals surface area contributed by atoms with Crippen molar-refractivity contribution >= 4 is 40.3 Å². The second kappa shape index (κ2) is 26.7. The summed E-state index contributed by atoms with van der Waals surface area (Å²) < 4.78 is 27.9. The van der Waals surface area contributed by atoms with E-state index in [1.54, 1.807) is 18.3 Å². The summed E-state index contributed by atoms with van der Waals surface area (Å²) in [6.45, 7) is 6.15. The van der Waals surface area contributed by atoms with E-state index in [9.17, 15) is 29.4 Å². The van der Waals surface area contributed by atoms with E-state index in [4.69, 9.17) is 29.2 Å². The van der Waals surface area contributed by atoms with Gasteiger partial charge in [0.2, 0.25) is 11.8 Å². The number of ether oxygens (including phenoxy) is 5. The van der Waals surface area contributed by atoms with E-state index in [-0.39, 0.29) is 6.42 Å². The number of aromatic nitrogens is 1. The molecule has 0 radical (unpaired) electrons. The number of nitrogens with one attached hydrogen (secondary N) is 3. The highest BCUT2D eigenvalue weighted by molar-refractivity contribution is 6.00. The fourth-order valence-corrected chi connectivity index (χ4v) is 6.11. The van der Waals surface area contributed by atoms with E-state index < -0.39 is 48.7 Å². The fraction of sp³-hybridized carbons (Fsp3) is 0.419. The van der Waals surface area contributed by atoms with Crippen molar-refractivity contribution in [1.29, 1.82) is 0 Å². The smallest absolute Gasteiger partial charge is 0.305 e. The summed E-state index contributed by atoms with van der Waals surface area (Å²) in [5.74, 6) is -2.46. The van der Waals surface area contributed by atoms with Crippen LogP contribution in [0, 0.1) is 6.92 Å². The predicted octanol–water partition coefficient (Wildman–Crippen LogP) is 5.45. The molecule has 3 aromatic carbocycles. The Balaban J connectivity index is 1.27. The van der Waals surface area contributed by atoms with Crippen LogP contribution in [0.15, 0.2) is 84.1 Å². The number of carbonyl (C=O) groups is 4. The number of aliphatic carboxylic acids is 2. The first-order valence-corrected chi connectivity index (χ1v) is 19.9. The molecule has 0 spiro atoms. The Hall–Kier alpha value is -6.30. The number of hydrogen-bond donors (Lipinski definition) is 5. The average molecular weight is 844 g/mol. The van der Waals surface area contributed by atoms with E-state index in [1.165, 1.54) is 0 Å². The lowest BCUT2D eigenvalue weighted by Gasteiger charge is -2.22. The van der Waals surface area contributed by atoms with Gasteiger partial charge in [-0.3, -0.25) is 19.2 Å². The van der Waals surface area contributed by atoms with Gasteiger partial charge in [-0.15, -0.1) is 0 Å². The molecule has 2 atom stereocenters. The van der Waals surface area contributed by atoms with Gasteiger partial charge in [-0.1, -0.05) is 59.7 Å². The van der Waals surface area contributed by atoms with Crippen LogP contribution in [-0.4, -0.2) is 118 Å². The van der Waals surface area contributed by atoms with Gasteiger partial charge < -0.3 is 49.8 Å². The molecular weight excluding hydrogens is 791 g/mol. The molecule has 18 nitrogen and oxygen atoms in total. The van der Waals surface area contributed by atoms with Gasteiger partial charge in [0, 0.05) is 36.0 Å². The van der Waals surface area contributed by atoms with Crippen LogP contribution in [0.1, 0.15) is 42.9 Å². The van der Waals surface area contributed by atoms with Crippen molar-refractivity contribution in [3.05, 3.63) is 101 Å². The fourth-order valence-electron chi connectivity index (χ4n) is 6.11. The number of carbonyl (C=O) groups excluding carboxylic acids is 2. The molecule has 1 aromatic heterocycles. The molecule has 1 heterocycles. The molecule has 0 bridgehead atoms. The number of amides is 2. The van der Waals surface area contributed by atoms with Crippen LogP contribution in [0.5, 0.6) is 5.75 Å². The molecule has 326 valence electrons. The molecule has 0 aliphatic heterocycles. The first-order valence-electron chi connectivity index (χ1n) is 19.9. The first-order chi connectivity index (χ1) is 29.6. The van der Waals surface area contributed by atoms with E-state index in [2.05, 4.69) is 31.0 Å². The second-order valence-corrected chi connectivity index (χ2v) is 13.7. The van der Waals surface area contributed by atoms with E-state index in [0.29, 0.717) is 96.1 Å². The Labute approximate surface area is 353 Å². The highest BCUT2D eigenvalue weighted by Gasteiger charge is 2.27. The Bertz CT molecular complexity index is 2060. The largest absolute Gasteiger partial charge is 0.491 e. The predicted molar refractivity (Wildman–Crippen MR) is 226 cm³/mol. The minimum Gasteiger partial charge on any atom is -0.491 e. The molecular formula is C43H53N7O11. The zero-order chi connectivity index (χ0) is 43.7. The first kappa shape index (κ1) is 47.4. The summed E-state index contributed by atoms with van der Waals surface area (Å²) in [5, 5.41) is 32.7. The van der Waals surface area contributed by atoms with Gasteiger partial charge in [0.05, 0.1) is 71.7 Å². The van der Waals surface area contributed by atoms with Crippen molar-refractivity contribution in [2.45, 2.75) is 44.7 Å². The monoisotopic (exact) mass is 843 g/mol. The topological polar surface area (TPSA) is 253 Å². The number of pyridine rings is 1. The summed E-state index contributed by atoms with van der Waals surface area (Å²) in [6.07, 6.45) is 0.931. The number of rotatable bonds is 30. The van der Waals surface area contributed by atoms with Crippen molar-refractivity contribution in [1.82, 2.24) is 15.6 Å². The van der Waals surface area contributed by atoms with Gasteiger partial charge in [0.15, 0.2) is 0 Å². The van der Waals surface area contributed by atoms with Crippen molar-refractivity contribution < 1.29 is 53.1 Å². The van der Waals surface area contributed by atoms with Crippen molar-refractivity contribution in [2.75, 3.05) is 77.9 Å². The standard InChI is InChI=1S/C43H53N7O11/c1-30-14-16-46-39(27-30)45-15-4-7-40(51)48-37(29-42(54)55)43(56)49-36(28-41(52)53)32-10-8-31(9-11-32)33-12-13-38(35-6-3-2-5-34(33)35)61-26-25-60-24-23-59-22-21-58-20-19-57-18-17-47-50-44/h2-3,5-6,8-14,16,27,36-37H,4,7,15,17-26,28-29H2,1H3,(H,45,46)(H,48,51)(H,49,56)(H,52,53)(H,54,55)/t36-,37-/m0/s1. The number of aryl methyl sites for hydroxylation is 1. The molecule has 0 unspecified atom stereocenters. The van der Waals surface area contributed by atoms with Gasteiger partial charge in [-0.25, -0.2) is 4.98 Å². The minimum atomic E-state index is -1.42. The van der Waals surface area contributed by atoms with Crippen LogP contribution in [-0.2, 0) is 38.1 Å². The zero-order valence-electron chi connectivity index (χ0n) is 34.1. The summed E-state index contributed by atoms with van der Waals surface area (Å²) in [6, 6.07) is 20.0. The van der Waals surface area contributed by atoms with Crippen molar-refractivity contribution in [3.63, 3.8) is 0 Å². The Kier molecular flexibility index (Phi) is 20.8. The maximum atomic E-state index is 13.4. The van der Waals surface area contributed by atoms with E-state index in [0.717, 1.165) is 27.5 Å². The molecule has 4 rings (SSSR count). The van der Waals surface area contributed by atoms with Crippen LogP contribution >= 0.6 is 0 Å². The summed E-state index contributed by atoms with van der Waals surface area (Å²) in [4.78, 5) is 56.5. The van der Waals surface area contributed by atoms with Gasteiger partial charge in [0.25, 0.3) is 0 Å². The molecule has 2 amide bonds. The highest BCUT2D eigenvalue weighted by atomic mass is 16.6. The lowest BCUT2D eigenvalue weighted by Crippen LogP contribution is -2.49. The molecule has 0 saturated carbocycles. The molecule has 0 fully saturated rings. The molecule has 4 aromatic rings. The number of benzene rings is 3. The SMILES string of the molecule is Cc1ccnc(NCCCC(=O)N[C@@H](CC(=O)O)C(=O)N[C@@H](CC(=O)O)c2ccc(-c3ccc(OCCOCCOCCOCCOCCN=[N+]=[N-])c4ccccc34)cc2)c1. The Morgan fingerprint density at radius 3 is 2.05 bits per heavy atom. The number of carboxylic acid groups (broad SMARTS) is 2. The minimum absolute atomic E-state index is 0.0231. The maximum absolute atomic E-state index is 13.4. The van der Waals surface area contributed by atoms with Gasteiger partial charge in [-0.05, 0) is 64.7 Å². The maximum Gasteiger partial charge on any atom is 0.305 e. The number of anilines is 1. The van der Waals surface area contributed by atoms with Crippen LogP contribution in [0.3, 0.4) is 0 Å². The number of azide groups is 1.